The summed E-state index contributed by atoms with van der Waals surface area (Å²) >= 11 is 5.92. The number of nitrogens with one attached hydrogen (secondary N) is 1. The Morgan fingerprint density at radius 3 is 2.38 bits per heavy atom. The van der Waals surface area contributed by atoms with Crippen LogP contribution in [0.25, 0.3) is 0 Å². The number of carbonyl (C=O) groups is 2. The van der Waals surface area contributed by atoms with Crippen LogP contribution in [0.15, 0.2) is 24.3 Å². The van der Waals surface area contributed by atoms with Crippen LogP contribution in [0.4, 0.5) is 0 Å². The van der Waals surface area contributed by atoms with E-state index in [4.69, 9.17) is 16.7 Å². The highest BCUT2D eigenvalue weighted by atomic mass is 35.5. The van der Waals surface area contributed by atoms with Crippen LogP contribution in [0.5, 0.6) is 0 Å². The number of carbonyl (C=O) groups excluding carboxylic acids is 1. The number of halogens is 1. The Bertz CT molecular complexity index is 521. The monoisotopic (exact) mass is 309 g/mol. The van der Waals surface area contributed by atoms with Crippen molar-refractivity contribution in [3.8, 4) is 0 Å². The second kappa shape index (κ2) is 6.48. The fourth-order valence-electron chi connectivity index (χ4n) is 2.90. The van der Waals surface area contributed by atoms with Gasteiger partial charge in [-0.15, -0.1) is 0 Å². The Morgan fingerprint density at radius 1 is 1.29 bits per heavy atom. The minimum atomic E-state index is -0.901. The van der Waals surface area contributed by atoms with Crippen LogP contribution in [-0.2, 0) is 15.0 Å². The number of rotatable bonds is 5. The van der Waals surface area contributed by atoms with Crippen molar-refractivity contribution in [2.45, 2.75) is 38.0 Å². The SMILES string of the molecule is CC(CNC(=O)C1(c2ccc(Cl)cc2)CCCC1)C(=O)O. The fraction of sp³-hybridized carbons (Fsp3) is 0.500. The first-order valence-electron chi connectivity index (χ1n) is 7.23. The van der Waals surface area contributed by atoms with E-state index in [0.29, 0.717) is 5.02 Å². The third kappa shape index (κ3) is 3.38. The minimum absolute atomic E-state index is 0.0737. The van der Waals surface area contributed by atoms with Crippen LogP contribution in [0.3, 0.4) is 0 Å². The summed E-state index contributed by atoms with van der Waals surface area (Å²) < 4.78 is 0. The predicted molar refractivity (Wildman–Crippen MR) is 81.4 cm³/mol. The van der Waals surface area contributed by atoms with E-state index in [0.717, 1.165) is 31.2 Å². The maximum atomic E-state index is 12.6. The normalized spacial score (nSPS) is 18.2. The van der Waals surface area contributed by atoms with Gasteiger partial charge in [-0.05, 0) is 30.5 Å². The fourth-order valence-corrected chi connectivity index (χ4v) is 3.02. The summed E-state index contributed by atoms with van der Waals surface area (Å²) in [5, 5.41) is 12.4. The summed E-state index contributed by atoms with van der Waals surface area (Å²) in [5.41, 5.74) is 0.424. The highest BCUT2D eigenvalue weighted by Gasteiger charge is 2.42. The average molecular weight is 310 g/mol. The van der Waals surface area contributed by atoms with Gasteiger partial charge in [0.05, 0.1) is 11.3 Å². The van der Waals surface area contributed by atoms with Crippen molar-refractivity contribution < 1.29 is 14.7 Å². The molecule has 114 valence electrons. The first kappa shape index (κ1) is 15.8. The Labute approximate surface area is 129 Å². The summed E-state index contributed by atoms with van der Waals surface area (Å²) in [6.07, 6.45) is 3.60. The van der Waals surface area contributed by atoms with Crippen LogP contribution in [0, 0.1) is 5.92 Å². The molecule has 1 atom stereocenters. The number of hydrogen-bond donors (Lipinski definition) is 2. The van der Waals surface area contributed by atoms with Crippen molar-refractivity contribution in [3.63, 3.8) is 0 Å². The molecule has 1 saturated carbocycles. The first-order valence-corrected chi connectivity index (χ1v) is 7.61. The lowest BCUT2D eigenvalue weighted by Gasteiger charge is -2.28. The summed E-state index contributed by atoms with van der Waals surface area (Å²) in [5.74, 6) is -1.56. The lowest BCUT2D eigenvalue weighted by Crippen LogP contribution is -2.44. The summed E-state index contributed by atoms with van der Waals surface area (Å²) in [6, 6.07) is 7.38. The molecule has 1 unspecified atom stereocenters. The van der Waals surface area contributed by atoms with Gasteiger partial charge in [0.1, 0.15) is 0 Å². The highest BCUT2D eigenvalue weighted by Crippen LogP contribution is 2.41. The lowest BCUT2D eigenvalue weighted by atomic mass is 9.78. The molecule has 1 amide bonds. The number of carboxylic acids is 1. The predicted octanol–water partition coefficient (Wildman–Crippen LogP) is 2.99. The second-order valence-corrected chi connectivity index (χ2v) is 6.18. The number of amides is 1. The maximum Gasteiger partial charge on any atom is 0.308 e. The van der Waals surface area contributed by atoms with Crippen LogP contribution >= 0.6 is 11.6 Å². The number of benzene rings is 1. The van der Waals surface area contributed by atoms with Crippen molar-refractivity contribution in [2.75, 3.05) is 6.54 Å². The standard InChI is InChI=1S/C16H20ClNO3/c1-11(14(19)20)10-18-15(21)16(8-2-3-9-16)12-4-6-13(17)7-5-12/h4-7,11H,2-3,8-10H2,1H3,(H,18,21)(H,19,20). The van der Waals surface area contributed by atoms with Gasteiger partial charge in [-0.2, -0.15) is 0 Å². The molecule has 0 aliphatic heterocycles. The molecule has 0 heterocycles. The van der Waals surface area contributed by atoms with Crippen molar-refractivity contribution in [1.82, 2.24) is 5.32 Å². The summed E-state index contributed by atoms with van der Waals surface area (Å²) in [6.45, 7) is 1.75. The number of carboxylic acid groups (broad SMARTS) is 1. The van der Waals surface area contributed by atoms with Gasteiger partial charge in [0.15, 0.2) is 0 Å². The van der Waals surface area contributed by atoms with E-state index in [1.54, 1.807) is 19.1 Å². The molecule has 1 fully saturated rings. The molecule has 4 nitrogen and oxygen atoms in total. The molecule has 2 N–H and O–H groups in total. The third-order valence-corrected chi connectivity index (χ3v) is 4.53. The minimum Gasteiger partial charge on any atom is -0.481 e. The van der Waals surface area contributed by atoms with Crippen molar-refractivity contribution in [3.05, 3.63) is 34.9 Å². The largest absolute Gasteiger partial charge is 0.481 e. The third-order valence-electron chi connectivity index (χ3n) is 4.28. The van der Waals surface area contributed by atoms with Crippen LogP contribution in [0.2, 0.25) is 5.02 Å². The molecule has 0 radical (unpaired) electrons. The van der Waals surface area contributed by atoms with Gasteiger partial charge in [-0.1, -0.05) is 43.5 Å². The second-order valence-electron chi connectivity index (χ2n) is 5.75. The molecular weight excluding hydrogens is 290 g/mol. The molecule has 0 spiro atoms. The molecule has 21 heavy (non-hydrogen) atoms. The first-order chi connectivity index (χ1) is 9.95. The number of hydrogen-bond acceptors (Lipinski definition) is 2. The van der Waals surface area contributed by atoms with Gasteiger partial charge in [-0.3, -0.25) is 9.59 Å². The maximum absolute atomic E-state index is 12.6. The smallest absolute Gasteiger partial charge is 0.308 e. The summed E-state index contributed by atoms with van der Waals surface area (Å²) in [4.78, 5) is 23.5. The molecule has 0 aromatic heterocycles. The molecule has 2 rings (SSSR count). The molecule has 0 bridgehead atoms. The molecule has 1 aliphatic carbocycles. The zero-order chi connectivity index (χ0) is 15.5. The van der Waals surface area contributed by atoms with Gasteiger partial charge in [0.25, 0.3) is 0 Å². The number of aliphatic carboxylic acids is 1. The van der Waals surface area contributed by atoms with E-state index in [2.05, 4.69) is 5.32 Å². The van der Waals surface area contributed by atoms with Crippen molar-refractivity contribution in [2.24, 2.45) is 5.92 Å². The van der Waals surface area contributed by atoms with E-state index in [1.807, 2.05) is 12.1 Å². The summed E-state index contributed by atoms with van der Waals surface area (Å²) in [7, 11) is 0. The molecule has 1 aromatic rings. The molecule has 0 saturated heterocycles. The molecule has 1 aromatic carbocycles. The van der Waals surface area contributed by atoms with E-state index >= 15 is 0 Å². The van der Waals surface area contributed by atoms with Gasteiger partial charge in [0.2, 0.25) is 5.91 Å². The van der Waals surface area contributed by atoms with Crippen LogP contribution in [0.1, 0.15) is 38.2 Å². The quantitative estimate of drug-likeness (QED) is 0.878. The zero-order valence-electron chi connectivity index (χ0n) is 12.1. The molecular formula is C16H20ClNO3. The van der Waals surface area contributed by atoms with Gasteiger partial charge < -0.3 is 10.4 Å². The highest BCUT2D eigenvalue weighted by molar-refractivity contribution is 6.30. The molecule has 5 heteroatoms. The Morgan fingerprint density at radius 2 is 1.86 bits per heavy atom. The average Bonchev–Trinajstić information content (AvgIpc) is 2.95. The van der Waals surface area contributed by atoms with Crippen LogP contribution < -0.4 is 5.32 Å². The van der Waals surface area contributed by atoms with Gasteiger partial charge in [0, 0.05) is 11.6 Å². The van der Waals surface area contributed by atoms with E-state index < -0.39 is 17.3 Å². The Balaban J connectivity index is 2.16. The van der Waals surface area contributed by atoms with E-state index in [-0.39, 0.29) is 12.5 Å². The van der Waals surface area contributed by atoms with Gasteiger partial charge in [-0.25, -0.2) is 0 Å². The van der Waals surface area contributed by atoms with Gasteiger partial charge >= 0.3 is 5.97 Å². The van der Waals surface area contributed by atoms with Crippen LogP contribution in [-0.4, -0.2) is 23.5 Å². The van der Waals surface area contributed by atoms with Crippen molar-refractivity contribution in [1.29, 1.82) is 0 Å². The van der Waals surface area contributed by atoms with E-state index in [9.17, 15) is 9.59 Å². The topological polar surface area (TPSA) is 66.4 Å². The molecule has 1 aliphatic rings. The van der Waals surface area contributed by atoms with Crippen molar-refractivity contribution >= 4 is 23.5 Å². The Kier molecular flexibility index (Phi) is 4.88. The Hall–Kier alpha value is -1.55. The lowest BCUT2D eigenvalue weighted by molar-refractivity contribution is -0.141. The zero-order valence-corrected chi connectivity index (χ0v) is 12.8. The van der Waals surface area contributed by atoms with E-state index in [1.165, 1.54) is 0 Å².